The van der Waals surface area contributed by atoms with Crippen molar-refractivity contribution in [1.29, 1.82) is 0 Å². The molecule has 6 heteroatoms. The van der Waals surface area contributed by atoms with Gasteiger partial charge < -0.3 is 4.74 Å². The normalized spacial score (nSPS) is 27.6. The summed E-state index contributed by atoms with van der Waals surface area (Å²) in [7, 11) is -1.69. The van der Waals surface area contributed by atoms with Crippen molar-refractivity contribution in [3.63, 3.8) is 0 Å². The first-order valence-electron chi connectivity index (χ1n) is 5.68. The molecular formula is C10H20BrNO3S. The van der Waals surface area contributed by atoms with Gasteiger partial charge in [-0.3, -0.25) is 0 Å². The molecule has 0 saturated heterocycles. The number of hydrogen-bond acceptors (Lipinski definition) is 3. The standard InChI is InChI=1S/C10H20BrNO3S/c1-15-7-8-16(13,14)12-10-6-4-2-3-5-9(10)11/h9-10,12H,2-8H2,1H3. The molecule has 16 heavy (non-hydrogen) atoms. The average molecular weight is 314 g/mol. The zero-order valence-electron chi connectivity index (χ0n) is 9.62. The Balaban J connectivity index is 2.50. The van der Waals surface area contributed by atoms with Crippen LogP contribution in [0.5, 0.6) is 0 Å². The van der Waals surface area contributed by atoms with E-state index in [0.29, 0.717) is 0 Å². The predicted molar refractivity (Wildman–Crippen MR) is 68.4 cm³/mol. The Morgan fingerprint density at radius 2 is 2.00 bits per heavy atom. The number of ether oxygens (including phenoxy) is 1. The van der Waals surface area contributed by atoms with Gasteiger partial charge in [-0.25, -0.2) is 13.1 Å². The molecule has 0 spiro atoms. The minimum absolute atomic E-state index is 0.0318. The smallest absolute Gasteiger partial charge is 0.214 e. The van der Waals surface area contributed by atoms with Gasteiger partial charge in [-0.1, -0.05) is 35.2 Å². The lowest BCUT2D eigenvalue weighted by molar-refractivity contribution is 0.216. The van der Waals surface area contributed by atoms with Crippen LogP contribution in [-0.4, -0.2) is 38.8 Å². The monoisotopic (exact) mass is 313 g/mol. The number of hydrogen-bond donors (Lipinski definition) is 1. The van der Waals surface area contributed by atoms with E-state index >= 15 is 0 Å². The Kier molecular flexibility index (Phi) is 6.25. The minimum Gasteiger partial charge on any atom is -0.384 e. The van der Waals surface area contributed by atoms with Crippen LogP contribution in [0, 0.1) is 0 Å². The quantitative estimate of drug-likeness (QED) is 0.620. The van der Waals surface area contributed by atoms with Crippen molar-refractivity contribution in [3.05, 3.63) is 0 Å². The summed E-state index contributed by atoms with van der Waals surface area (Å²) in [6, 6.07) is 0.0318. The number of rotatable bonds is 5. The first-order chi connectivity index (χ1) is 7.55. The molecule has 1 aliphatic rings. The van der Waals surface area contributed by atoms with E-state index in [1.54, 1.807) is 0 Å². The molecule has 0 bridgehead atoms. The first kappa shape index (κ1) is 14.4. The highest BCUT2D eigenvalue weighted by Gasteiger charge is 2.25. The van der Waals surface area contributed by atoms with Crippen LogP contribution in [-0.2, 0) is 14.8 Å². The van der Waals surface area contributed by atoms with Gasteiger partial charge in [0.25, 0.3) is 0 Å². The van der Waals surface area contributed by atoms with E-state index in [2.05, 4.69) is 20.7 Å². The van der Waals surface area contributed by atoms with Crippen molar-refractivity contribution in [2.75, 3.05) is 19.5 Å². The van der Waals surface area contributed by atoms with Crippen LogP contribution >= 0.6 is 15.9 Å². The highest BCUT2D eigenvalue weighted by Crippen LogP contribution is 2.24. The zero-order valence-corrected chi connectivity index (χ0v) is 12.0. The van der Waals surface area contributed by atoms with Crippen molar-refractivity contribution < 1.29 is 13.2 Å². The Morgan fingerprint density at radius 3 is 2.69 bits per heavy atom. The molecule has 1 rings (SSSR count). The molecule has 4 nitrogen and oxygen atoms in total. The van der Waals surface area contributed by atoms with Crippen LogP contribution in [0.15, 0.2) is 0 Å². The molecule has 1 N–H and O–H groups in total. The summed E-state index contributed by atoms with van der Waals surface area (Å²) in [5.74, 6) is 0.0414. The molecule has 0 amide bonds. The van der Waals surface area contributed by atoms with Crippen molar-refractivity contribution in [2.45, 2.75) is 43.0 Å². The molecule has 0 aromatic heterocycles. The maximum atomic E-state index is 11.7. The van der Waals surface area contributed by atoms with Crippen molar-refractivity contribution in [2.24, 2.45) is 0 Å². The number of alkyl halides is 1. The number of halogens is 1. The summed E-state index contributed by atoms with van der Waals surface area (Å²) in [6.07, 6.45) is 5.42. The number of methoxy groups -OCH3 is 1. The molecule has 0 aromatic rings. The van der Waals surface area contributed by atoms with Crippen molar-refractivity contribution in [3.8, 4) is 0 Å². The van der Waals surface area contributed by atoms with Gasteiger partial charge in [0, 0.05) is 18.0 Å². The fraction of sp³-hybridized carbons (Fsp3) is 1.00. The largest absolute Gasteiger partial charge is 0.384 e. The Hall–Kier alpha value is 0.350. The number of nitrogens with one attached hydrogen (secondary N) is 1. The zero-order chi connectivity index (χ0) is 12.0. The summed E-state index contributed by atoms with van der Waals surface area (Å²) in [5.41, 5.74) is 0. The van der Waals surface area contributed by atoms with Gasteiger partial charge in [0.1, 0.15) is 0 Å². The van der Waals surface area contributed by atoms with E-state index in [-0.39, 0.29) is 23.2 Å². The Bertz CT molecular complexity index is 294. The minimum atomic E-state index is -3.20. The summed E-state index contributed by atoms with van der Waals surface area (Å²) >= 11 is 3.57. The second-order valence-electron chi connectivity index (χ2n) is 4.19. The lowest BCUT2D eigenvalue weighted by Crippen LogP contribution is -2.42. The third-order valence-corrected chi connectivity index (χ3v) is 5.28. The molecular weight excluding hydrogens is 294 g/mol. The van der Waals surface area contributed by atoms with E-state index in [1.807, 2.05) is 0 Å². The Morgan fingerprint density at radius 1 is 1.31 bits per heavy atom. The van der Waals surface area contributed by atoms with Gasteiger partial charge >= 0.3 is 0 Å². The second kappa shape index (κ2) is 6.93. The van der Waals surface area contributed by atoms with Gasteiger partial charge in [0.15, 0.2) is 0 Å². The predicted octanol–water partition coefficient (Wildman–Crippen LogP) is 1.65. The Labute approximate surface area is 106 Å². The molecule has 2 unspecified atom stereocenters. The summed E-state index contributed by atoms with van der Waals surface area (Å²) in [5, 5.41) is 0. The highest BCUT2D eigenvalue weighted by molar-refractivity contribution is 9.09. The third kappa shape index (κ3) is 5.12. The lowest BCUT2D eigenvalue weighted by Gasteiger charge is -2.21. The SMILES string of the molecule is COCCS(=O)(=O)NC1CCCCCC1Br. The molecule has 0 radical (unpaired) electrons. The van der Waals surface area contributed by atoms with Crippen LogP contribution in [0.1, 0.15) is 32.1 Å². The fourth-order valence-corrected chi connectivity index (χ4v) is 4.02. The maximum absolute atomic E-state index is 11.7. The van der Waals surface area contributed by atoms with Gasteiger partial charge in [-0.2, -0.15) is 0 Å². The molecule has 0 aromatic carbocycles. The summed E-state index contributed by atoms with van der Waals surface area (Å²) in [6.45, 7) is 0.245. The fourth-order valence-electron chi connectivity index (χ4n) is 1.88. The topological polar surface area (TPSA) is 55.4 Å². The average Bonchev–Trinajstić information content (AvgIpc) is 2.41. The van der Waals surface area contributed by atoms with Crippen LogP contribution in [0.3, 0.4) is 0 Å². The van der Waals surface area contributed by atoms with E-state index in [1.165, 1.54) is 20.0 Å². The molecule has 0 heterocycles. The first-order valence-corrected chi connectivity index (χ1v) is 8.25. The van der Waals surface area contributed by atoms with Crippen molar-refractivity contribution >= 4 is 26.0 Å². The highest BCUT2D eigenvalue weighted by atomic mass is 79.9. The lowest BCUT2D eigenvalue weighted by atomic mass is 10.1. The molecule has 2 atom stereocenters. The third-order valence-electron chi connectivity index (χ3n) is 2.82. The van der Waals surface area contributed by atoms with Gasteiger partial charge in [-0.15, -0.1) is 0 Å². The van der Waals surface area contributed by atoms with E-state index in [9.17, 15) is 8.42 Å². The van der Waals surface area contributed by atoms with E-state index in [0.717, 1.165) is 19.3 Å². The molecule has 1 aliphatic carbocycles. The summed E-state index contributed by atoms with van der Waals surface area (Å²) < 4.78 is 31.0. The van der Waals surface area contributed by atoms with Crippen LogP contribution in [0.4, 0.5) is 0 Å². The van der Waals surface area contributed by atoms with Gasteiger partial charge in [0.05, 0.1) is 12.4 Å². The van der Waals surface area contributed by atoms with Crippen molar-refractivity contribution in [1.82, 2.24) is 4.72 Å². The van der Waals surface area contributed by atoms with Crippen LogP contribution < -0.4 is 4.72 Å². The molecule has 0 aliphatic heterocycles. The second-order valence-corrected chi connectivity index (χ2v) is 7.24. The molecule has 1 saturated carbocycles. The van der Waals surface area contributed by atoms with Crippen LogP contribution in [0.2, 0.25) is 0 Å². The molecule has 1 fully saturated rings. The molecule has 96 valence electrons. The van der Waals surface area contributed by atoms with E-state index in [4.69, 9.17) is 4.74 Å². The summed E-state index contributed by atoms with van der Waals surface area (Å²) in [4.78, 5) is 0.257. The number of sulfonamides is 1. The maximum Gasteiger partial charge on any atom is 0.214 e. The van der Waals surface area contributed by atoms with Crippen LogP contribution in [0.25, 0.3) is 0 Å². The van der Waals surface area contributed by atoms with Gasteiger partial charge in [0.2, 0.25) is 10.0 Å². The van der Waals surface area contributed by atoms with E-state index < -0.39 is 10.0 Å². The van der Waals surface area contributed by atoms with Gasteiger partial charge in [-0.05, 0) is 12.8 Å².